The Kier molecular flexibility index (Phi) is 2.97. The van der Waals surface area contributed by atoms with Gasteiger partial charge in [-0.2, -0.15) is 0 Å². The topological polar surface area (TPSA) is 12.9 Å². The molecule has 0 unspecified atom stereocenters. The molecule has 1 heterocycles. The molecule has 76 valence electrons. The summed E-state index contributed by atoms with van der Waals surface area (Å²) in [4.78, 5) is 3.96. The second kappa shape index (κ2) is 4.41. The van der Waals surface area contributed by atoms with E-state index < -0.39 is 0 Å². The molecular formula is C12H9ClFN. The maximum atomic E-state index is 13.5. The number of halogens is 2. The lowest BCUT2D eigenvalue weighted by molar-refractivity contribution is 0.631. The van der Waals surface area contributed by atoms with E-state index in [1.807, 2.05) is 6.07 Å². The van der Waals surface area contributed by atoms with E-state index in [1.165, 1.54) is 6.07 Å². The van der Waals surface area contributed by atoms with E-state index in [9.17, 15) is 4.39 Å². The Morgan fingerprint density at radius 1 is 1.27 bits per heavy atom. The van der Waals surface area contributed by atoms with E-state index in [0.717, 1.165) is 11.1 Å². The van der Waals surface area contributed by atoms with E-state index in [-0.39, 0.29) is 5.82 Å². The smallest absolute Gasteiger partial charge is 0.131 e. The van der Waals surface area contributed by atoms with Crippen molar-refractivity contribution in [2.75, 3.05) is 0 Å². The number of nitrogens with zero attached hydrogens (tertiary/aromatic N) is 1. The van der Waals surface area contributed by atoms with Gasteiger partial charge >= 0.3 is 0 Å². The van der Waals surface area contributed by atoms with E-state index in [4.69, 9.17) is 11.6 Å². The van der Waals surface area contributed by atoms with E-state index in [0.29, 0.717) is 11.4 Å². The molecule has 0 N–H and O–H groups in total. The van der Waals surface area contributed by atoms with Gasteiger partial charge in [0.1, 0.15) is 5.82 Å². The summed E-state index contributed by atoms with van der Waals surface area (Å²) in [5.74, 6) is 0.130. The van der Waals surface area contributed by atoms with Crippen LogP contribution in [0.4, 0.5) is 4.39 Å². The molecule has 0 fully saturated rings. The lowest BCUT2D eigenvalue weighted by Gasteiger charge is -2.04. The molecule has 0 spiro atoms. The van der Waals surface area contributed by atoms with Crippen LogP contribution in [0, 0.1) is 5.82 Å². The van der Waals surface area contributed by atoms with Gasteiger partial charge in [-0.15, -0.1) is 11.6 Å². The minimum Gasteiger partial charge on any atom is -0.264 e. The van der Waals surface area contributed by atoms with Crippen LogP contribution in [0.5, 0.6) is 0 Å². The van der Waals surface area contributed by atoms with Crippen molar-refractivity contribution in [1.82, 2.24) is 4.98 Å². The minimum absolute atomic E-state index is 0.253. The monoisotopic (exact) mass is 221 g/mol. The van der Waals surface area contributed by atoms with Crippen LogP contribution in [-0.4, -0.2) is 4.98 Å². The van der Waals surface area contributed by atoms with Gasteiger partial charge in [0.25, 0.3) is 0 Å². The van der Waals surface area contributed by atoms with Gasteiger partial charge in [-0.05, 0) is 23.8 Å². The first kappa shape index (κ1) is 10.1. The van der Waals surface area contributed by atoms with Gasteiger partial charge in [-0.1, -0.05) is 12.1 Å². The zero-order valence-corrected chi connectivity index (χ0v) is 8.71. The molecule has 0 radical (unpaired) electrons. The first-order valence-electron chi connectivity index (χ1n) is 4.56. The highest BCUT2D eigenvalue weighted by molar-refractivity contribution is 6.17. The Hall–Kier alpha value is -1.41. The molecule has 0 saturated carbocycles. The fraction of sp³-hybridized carbons (Fsp3) is 0.0833. The lowest BCUT2D eigenvalue weighted by atomic mass is 10.0. The molecule has 0 saturated heterocycles. The van der Waals surface area contributed by atoms with Crippen LogP contribution >= 0.6 is 11.6 Å². The molecule has 15 heavy (non-hydrogen) atoms. The van der Waals surface area contributed by atoms with Crippen molar-refractivity contribution >= 4 is 11.6 Å². The van der Waals surface area contributed by atoms with Gasteiger partial charge in [0.15, 0.2) is 0 Å². The second-order valence-corrected chi connectivity index (χ2v) is 3.46. The predicted octanol–water partition coefficient (Wildman–Crippen LogP) is 3.63. The van der Waals surface area contributed by atoms with Crippen molar-refractivity contribution in [1.29, 1.82) is 0 Å². The molecule has 0 amide bonds. The average molecular weight is 222 g/mol. The molecule has 0 atom stereocenters. The third-order valence-corrected chi connectivity index (χ3v) is 2.47. The maximum absolute atomic E-state index is 13.5. The molecule has 2 aromatic rings. The van der Waals surface area contributed by atoms with Crippen molar-refractivity contribution < 1.29 is 4.39 Å². The summed E-state index contributed by atoms with van der Waals surface area (Å²) in [6.07, 6.45) is 3.29. The number of rotatable bonds is 2. The zero-order valence-electron chi connectivity index (χ0n) is 7.95. The number of aromatic nitrogens is 1. The molecule has 2 rings (SSSR count). The number of alkyl halides is 1. The van der Waals surface area contributed by atoms with Gasteiger partial charge < -0.3 is 0 Å². The normalized spacial score (nSPS) is 10.3. The highest BCUT2D eigenvalue weighted by Crippen LogP contribution is 2.23. The van der Waals surface area contributed by atoms with Crippen LogP contribution in [0.25, 0.3) is 11.1 Å². The Morgan fingerprint density at radius 2 is 2.13 bits per heavy atom. The quantitative estimate of drug-likeness (QED) is 0.706. The summed E-state index contributed by atoms with van der Waals surface area (Å²) in [7, 11) is 0. The van der Waals surface area contributed by atoms with Crippen molar-refractivity contribution in [3.63, 3.8) is 0 Å². The first-order chi connectivity index (χ1) is 7.31. The van der Waals surface area contributed by atoms with Gasteiger partial charge in [0, 0.05) is 29.4 Å². The van der Waals surface area contributed by atoms with Crippen LogP contribution in [-0.2, 0) is 5.88 Å². The van der Waals surface area contributed by atoms with Crippen molar-refractivity contribution in [3.05, 3.63) is 54.1 Å². The third-order valence-electron chi connectivity index (χ3n) is 2.16. The van der Waals surface area contributed by atoms with Gasteiger partial charge in [0.05, 0.1) is 0 Å². The summed E-state index contributed by atoms with van der Waals surface area (Å²) in [5, 5.41) is 0. The van der Waals surface area contributed by atoms with E-state index in [1.54, 1.807) is 30.6 Å². The molecule has 0 aliphatic carbocycles. The van der Waals surface area contributed by atoms with Crippen molar-refractivity contribution in [3.8, 4) is 11.1 Å². The Bertz CT molecular complexity index is 456. The SMILES string of the molecule is Fc1ccc(CCl)cc1-c1cccnc1. The number of hydrogen-bond acceptors (Lipinski definition) is 1. The number of pyridine rings is 1. The summed E-state index contributed by atoms with van der Waals surface area (Å²) in [5.41, 5.74) is 2.21. The summed E-state index contributed by atoms with van der Waals surface area (Å²) in [6, 6.07) is 8.47. The van der Waals surface area contributed by atoms with Crippen LogP contribution in [0.3, 0.4) is 0 Å². The fourth-order valence-corrected chi connectivity index (χ4v) is 1.57. The summed E-state index contributed by atoms with van der Waals surface area (Å²) >= 11 is 5.70. The molecule has 1 nitrogen and oxygen atoms in total. The first-order valence-corrected chi connectivity index (χ1v) is 5.09. The third kappa shape index (κ3) is 2.16. The number of benzene rings is 1. The summed E-state index contributed by atoms with van der Waals surface area (Å²) in [6.45, 7) is 0. The van der Waals surface area contributed by atoms with Gasteiger partial charge in [-0.3, -0.25) is 4.98 Å². The lowest BCUT2D eigenvalue weighted by Crippen LogP contribution is -1.87. The van der Waals surface area contributed by atoms with E-state index in [2.05, 4.69) is 4.98 Å². The van der Waals surface area contributed by atoms with Gasteiger partial charge in [-0.25, -0.2) is 4.39 Å². The predicted molar refractivity (Wildman–Crippen MR) is 59.2 cm³/mol. The van der Waals surface area contributed by atoms with Crippen molar-refractivity contribution in [2.24, 2.45) is 0 Å². The molecule has 1 aromatic heterocycles. The Morgan fingerprint density at radius 3 is 2.80 bits per heavy atom. The van der Waals surface area contributed by atoms with Crippen LogP contribution < -0.4 is 0 Å². The minimum atomic E-state index is -0.253. The van der Waals surface area contributed by atoms with Gasteiger partial charge in [0.2, 0.25) is 0 Å². The largest absolute Gasteiger partial charge is 0.264 e. The summed E-state index contributed by atoms with van der Waals surface area (Å²) < 4.78 is 13.5. The number of hydrogen-bond donors (Lipinski definition) is 0. The Labute approximate surface area is 92.5 Å². The average Bonchev–Trinajstić information content (AvgIpc) is 2.31. The molecule has 3 heteroatoms. The second-order valence-electron chi connectivity index (χ2n) is 3.19. The van der Waals surface area contributed by atoms with Crippen molar-refractivity contribution in [2.45, 2.75) is 5.88 Å². The van der Waals surface area contributed by atoms with Crippen LogP contribution in [0.1, 0.15) is 5.56 Å². The highest BCUT2D eigenvalue weighted by atomic mass is 35.5. The van der Waals surface area contributed by atoms with E-state index >= 15 is 0 Å². The maximum Gasteiger partial charge on any atom is 0.131 e. The molecular weight excluding hydrogens is 213 g/mol. The molecule has 1 aromatic carbocycles. The molecule has 0 aliphatic heterocycles. The Balaban J connectivity index is 2.52. The molecule has 0 aliphatic rings. The molecule has 0 bridgehead atoms. The highest BCUT2D eigenvalue weighted by Gasteiger charge is 2.05. The zero-order chi connectivity index (χ0) is 10.7. The van der Waals surface area contributed by atoms with Crippen LogP contribution in [0.2, 0.25) is 0 Å². The fourth-order valence-electron chi connectivity index (χ4n) is 1.40. The van der Waals surface area contributed by atoms with Crippen LogP contribution in [0.15, 0.2) is 42.7 Å². The standard InChI is InChI=1S/C12H9ClFN/c13-7-9-3-4-12(14)11(6-9)10-2-1-5-15-8-10/h1-6,8H,7H2.